The quantitative estimate of drug-likeness (QED) is 0.154. The SMILES string of the molecule is CCCCCCCCCCCC(=O)NNC(CCC(=O)[O-])C(=O)[O-].[Na+].[Na+]. The van der Waals surface area contributed by atoms with Crippen molar-refractivity contribution in [2.45, 2.75) is 90.0 Å². The second-order valence-electron chi connectivity index (χ2n) is 6.05. The van der Waals surface area contributed by atoms with E-state index in [1.807, 2.05) is 0 Å². The van der Waals surface area contributed by atoms with Crippen LogP contribution >= 0.6 is 0 Å². The molecular weight excluding hydrogens is 358 g/mol. The molecule has 0 saturated carbocycles. The van der Waals surface area contributed by atoms with Crippen molar-refractivity contribution in [2.24, 2.45) is 0 Å². The van der Waals surface area contributed by atoms with Gasteiger partial charge in [-0.25, -0.2) is 5.43 Å². The van der Waals surface area contributed by atoms with Crippen molar-refractivity contribution in [2.75, 3.05) is 0 Å². The fourth-order valence-corrected chi connectivity index (χ4v) is 2.34. The first-order chi connectivity index (χ1) is 11.5. The molecule has 1 atom stereocenters. The molecule has 1 unspecified atom stereocenters. The molecule has 0 rings (SSSR count). The third kappa shape index (κ3) is 20.7. The Morgan fingerprint density at radius 2 is 1.31 bits per heavy atom. The third-order valence-electron chi connectivity index (χ3n) is 3.81. The zero-order chi connectivity index (χ0) is 18.2. The molecule has 0 heterocycles. The second-order valence-corrected chi connectivity index (χ2v) is 6.05. The van der Waals surface area contributed by atoms with Crippen LogP contribution in [0.25, 0.3) is 0 Å². The normalized spacial score (nSPS) is 11.0. The van der Waals surface area contributed by atoms with Gasteiger partial charge >= 0.3 is 59.1 Å². The fraction of sp³-hybridized carbons (Fsp3) is 0.824. The summed E-state index contributed by atoms with van der Waals surface area (Å²) in [5, 5.41) is 21.1. The molecule has 0 radical (unpaired) electrons. The molecule has 0 aromatic carbocycles. The van der Waals surface area contributed by atoms with E-state index in [2.05, 4.69) is 17.8 Å². The Balaban J connectivity index is -0.00000264. The minimum atomic E-state index is -1.46. The Morgan fingerprint density at radius 1 is 0.808 bits per heavy atom. The number of hydrogen-bond donors (Lipinski definition) is 2. The van der Waals surface area contributed by atoms with Crippen molar-refractivity contribution >= 4 is 17.8 Å². The van der Waals surface area contributed by atoms with Crippen LogP contribution in [0.5, 0.6) is 0 Å². The number of hydrogen-bond acceptors (Lipinski definition) is 6. The molecule has 0 aliphatic heterocycles. The van der Waals surface area contributed by atoms with E-state index in [4.69, 9.17) is 0 Å². The molecule has 140 valence electrons. The standard InChI is InChI=1S/C17H32N2O5.2Na/c1-2-3-4-5-6-7-8-9-10-11-15(20)19-18-14(17(23)24)12-13-16(21)22;;/h14,18H,2-13H2,1H3,(H,19,20)(H,21,22)(H,23,24);;/q;2*+1/p-2. The number of nitrogens with one attached hydrogen (secondary N) is 2. The molecule has 0 saturated heterocycles. The molecular formula is C17H30N2Na2O5. The first-order valence-electron chi connectivity index (χ1n) is 8.92. The number of hydrazine groups is 1. The van der Waals surface area contributed by atoms with Gasteiger partial charge in [0.25, 0.3) is 0 Å². The fourth-order valence-electron chi connectivity index (χ4n) is 2.34. The Kier molecular flexibility index (Phi) is 25.9. The first-order valence-corrected chi connectivity index (χ1v) is 8.92. The molecule has 0 bridgehead atoms. The van der Waals surface area contributed by atoms with Crippen molar-refractivity contribution in [1.29, 1.82) is 0 Å². The van der Waals surface area contributed by atoms with Crippen LogP contribution in [0.3, 0.4) is 0 Å². The largest absolute Gasteiger partial charge is 1.00 e. The summed E-state index contributed by atoms with van der Waals surface area (Å²) < 4.78 is 0. The van der Waals surface area contributed by atoms with Crippen molar-refractivity contribution in [3.8, 4) is 0 Å². The van der Waals surface area contributed by atoms with E-state index in [1.165, 1.54) is 38.5 Å². The van der Waals surface area contributed by atoms with E-state index in [-0.39, 0.29) is 71.4 Å². The molecule has 0 fully saturated rings. The predicted octanol–water partition coefficient (Wildman–Crippen LogP) is -5.82. The summed E-state index contributed by atoms with van der Waals surface area (Å²) in [5.74, 6) is -3.11. The zero-order valence-electron chi connectivity index (χ0n) is 16.6. The van der Waals surface area contributed by atoms with Gasteiger partial charge in [-0.15, -0.1) is 0 Å². The second kappa shape index (κ2) is 21.7. The maximum atomic E-state index is 11.6. The van der Waals surface area contributed by atoms with Gasteiger partial charge < -0.3 is 19.8 Å². The van der Waals surface area contributed by atoms with Crippen molar-refractivity contribution in [3.63, 3.8) is 0 Å². The van der Waals surface area contributed by atoms with Crippen molar-refractivity contribution in [3.05, 3.63) is 0 Å². The van der Waals surface area contributed by atoms with Crippen molar-refractivity contribution in [1.82, 2.24) is 10.9 Å². The zero-order valence-corrected chi connectivity index (χ0v) is 20.6. The number of rotatable bonds is 16. The number of carboxylic acid groups (broad SMARTS) is 2. The van der Waals surface area contributed by atoms with Gasteiger partial charge in [0.1, 0.15) is 0 Å². The van der Waals surface area contributed by atoms with Gasteiger partial charge in [-0.1, -0.05) is 58.3 Å². The van der Waals surface area contributed by atoms with Gasteiger partial charge in [-0.2, -0.15) is 0 Å². The van der Waals surface area contributed by atoms with Crippen LogP contribution in [0, 0.1) is 0 Å². The van der Waals surface area contributed by atoms with Crippen LogP contribution in [0.2, 0.25) is 0 Å². The number of amides is 1. The summed E-state index contributed by atoms with van der Waals surface area (Å²) in [6.45, 7) is 2.19. The van der Waals surface area contributed by atoms with E-state index in [9.17, 15) is 24.6 Å². The van der Waals surface area contributed by atoms with E-state index in [0.29, 0.717) is 6.42 Å². The number of aliphatic carboxylic acids is 2. The number of unbranched alkanes of at least 4 members (excludes halogenated alkanes) is 8. The molecule has 0 aromatic rings. The van der Waals surface area contributed by atoms with Crippen LogP contribution in [0.4, 0.5) is 0 Å². The van der Waals surface area contributed by atoms with Gasteiger partial charge in [-0.05, 0) is 19.3 Å². The van der Waals surface area contributed by atoms with Crippen LogP contribution in [0.15, 0.2) is 0 Å². The van der Waals surface area contributed by atoms with Gasteiger partial charge in [0, 0.05) is 12.4 Å². The minimum Gasteiger partial charge on any atom is -0.550 e. The molecule has 0 spiro atoms. The van der Waals surface area contributed by atoms with E-state index in [0.717, 1.165) is 19.3 Å². The van der Waals surface area contributed by atoms with E-state index in [1.54, 1.807) is 0 Å². The van der Waals surface area contributed by atoms with Crippen LogP contribution < -0.4 is 80.2 Å². The topological polar surface area (TPSA) is 121 Å². The molecule has 7 nitrogen and oxygen atoms in total. The Labute approximate surface area is 201 Å². The summed E-state index contributed by atoms with van der Waals surface area (Å²) in [5.41, 5.74) is 4.59. The van der Waals surface area contributed by atoms with Gasteiger partial charge in [0.05, 0.1) is 12.0 Å². The molecule has 26 heavy (non-hydrogen) atoms. The molecule has 0 aromatic heterocycles. The molecule has 2 N–H and O–H groups in total. The van der Waals surface area contributed by atoms with Gasteiger partial charge in [-0.3, -0.25) is 10.2 Å². The Morgan fingerprint density at radius 3 is 1.77 bits per heavy atom. The minimum absolute atomic E-state index is 0. The van der Waals surface area contributed by atoms with Gasteiger partial charge in [0.15, 0.2) is 0 Å². The number of carbonyl (C=O) groups is 3. The Hall–Kier alpha value is 0.370. The number of carboxylic acids is 2. The number of carbonyl (C=O) groups excluding carboxylic acids is 3. The molecule has 9 heteroatoms. The molecule has 0 aliphatic carbocycles. The van der Waals surface area contributed by atoms with Crippen LogP contribution in [-0.4, -0.2) is 23.9 Å². The summed E-state index contributed by atoms with van der Waals surface area (Å²) >= 11 is 0. The van der Waals surface area contributed by atoms with E-state index >= 15 is 0 Å². The summed E-state index contributed by atoms with van der Waals surface area (Å²) in [7, 11) is 0. The first kappa shape index (κ1) is 31.1. The van der Waals surface area contributed by atoms with Crippen LogP contribution in [0.1, 0.15) is 84.0 Å². The summed E-state index contributed by atoms with van der Waals surface area (Å²) in [6.07, 6.45) is 10.0. The third-order valence-corrected chi connectivity index (χ3v) is 3.81. The smallest absolute Gasteiger partial charge is 0.550 e. The van der Waals surface area contributed by atoms with Gasteiger partial charge in [0.2, 0.25) is 5.91 Å². The average Bonchev–Trinajstić information content (AvgIpc) is 2.52. The van der Waals surface area contributed by atoms with Crippen LogP contribution in [-0.2, 0) is 14.4 Å². The Bertz CT molecular complexity index is 384. The van der Waals surface area contributed by atoms with Crippen molar-refractivity contribution < 1.29 is 83.7 Å². The summed E-state index contributed by atoms with van der Waals surface area (Å²) in [6, 6.07) is -1.24. The molecule has 1 amide bonds. The maximum Gasteiger partial charge on any atom is 1.00 e. The maximum absolute atomic E-state index is 11.6. The average molecular weight is 388 g/mol. The summed E-state index contributed by atoms with van der Waals surface area (Å²) in [4.78, 5) is 32.7. The molecule has 0 aliphatic rings. The van der Waals surface area contributed by atoms with E-state index < -0.39 is 24.4 Å². The monoisotopic (exact) mass is 388 g/mol. The predicted molar refractivity (Wildman–Crippen MR) is 86.2 cm³/mol.